The zero-order valence-corrected chi connectivity index (χ0v) is 10.6. The van der Waals surface area contributed by atoms with Gasteiger partial charge in [0.05, 0.1) is 12.4 Å². The molecule has 0 radical (unpaired) electrons. The summed E-state index contributed by atoms with van der Waals surface area (Å²) in [5.41, 5.74) is 5.39. The summed E-state index contributed by atoms with van der Waals surface area (Å²) in [4.78, 5) is 8.43. The number of hydrazine groups is 1. The topological polar surface area (TPSA) is 75.9 Å². The number of nitrogens with zero attached hydrogens (tertiary/aromatic N) is 2. The van der Waals surface area contributed by atoms with Crippen LogP contribution < -0.4 is 16.6 Å². The largest absolute Gasteiger partial charge is 0.366 e. The Morgan fingerprint density at radius 2 is 1.89 bits per heavy atom. The van der Waals surface area contributed by atoms with Crippen LogP contribution in [-0.4, -0.2) is 16.0 Å². The zero-order valence-electron chi connectivity index (χ0n) is 10.6. The second-order valence-corrected chi connectivity index (χ2v) is 4.79. The third-order valence-electron chi connectivity index (χ3n) is 3.48. The van der Waals surface area contributed by atoms with Gasteiger partial charge in [-0.15, -0.1) is 0 Å². The molecule has 3 rings (SSSR count). The number of rotatable bonds is 3. The first-order valence-corrected chi connectivity index (χ1v) is 6.47. The molecule has 1 aliphatic carbocycles. The van der Waals surface area contributed by atoms with Crippen LogP contribution in [0.3, 0.4) is 0 Å². The number of benzene rings is 1. The maximum Gasteiger partial charge on any atom is 0.160 e. The van der Waals surface area contributed by atoms with Gasteiger partial charge in [-0.25, -0.2) is 10.8 Å². The maximum atomic E-state index is 5.33. The van der Waals surface area contributed by atoms with Gasteiger partial charge in [0, 0.05) is 6.04 Å². The summed E-state index contributed by atoms with van der Waals surface area (Å²) in [7, 11) is 0. The molecule has 0 aliphatic heterocycles. The van der Waals surface area contributed by atoms with Crippen LogP contribution >= 0.6 is 0 Å². The molecular formula is C14H17N5. The smallest absolute Gasteiger partial charge is 0.160 e. The van der Waals surface area contributed by atoms with Gasteiger partial charge in [-0.2, -0.15) is 0 Å². The van der Waals surface area contributed by atoms with Crippen LogP contribution in [0.5, 0.6) is 0 Å². The molecule has 0 fully saturated rings. The fourth-order valence-corrected chi connectivity index (χ4v) is 2.54. The van der Waals surface area contributed by atoms with E-state index in [9.17, 15) is 0 Å². The van der Waals surface area contributed by atoms with Crippen LogP contribution in [0.2, 0.25) is 0 Å². The lowest BCUT2D eigenvalue weighted by Crippen LogP contribution is -2.28. The van der Waals surface area contributed by atoms with Crippen LogP contribution in [0.4, 0.5) is 11.6 Å². The first-order chi connectivity index (χ1) is 9.35. The van der Waals surface area contributed by atoms with Crippen molar-refractivity contribution in [3.63, 3.8) is 0 Å². The highest BCUT2D eigenvalue weighted by Gasteiger charge is 2.18. The Balaban J connectivity index is 1.71. The molecule has 0 saturated carbocycles. The maximum absolute atomic E-state index is 5.33. The second kappa shape index (κ2) is 5.24. The molecular weight excluding hydrogens is 238 g/mol. The number of nitrogens with one attached hydrogen (secondary N) is 2. The van der Waals surface area contributed by atoms with E-state index in [1.165, 1.54) is 11.1 Å². The van der Waals surface area contributed by atoms with E-state index in [1.54, 1.807) is 12.4 Å². The molecule has 1 heterocycles. The lowest BCUT2D eigenvalue weighted by atomic mass is 9.88. The van der Waals surface area contributed by atoms with E-state index in [2.05, 4.69) is 45.0 Å². The molecule has 0 bridgehead atoms. The minimum absolute atomic E-state index is 0.400. The summed E-state index contributed by atoms with van der Waals surface area (Å²) in [5.74, 6) is 6.67. The predicted octanol–water partition coefficient (Wildman–Crippen LogP) is 1.73. The van der Waals surface area contributed by atoms with E-state index in [0.717, 1.165) is 25.1 Å². The number of hydrogen-bond acceptors (Lipinski definition) is 5. The van der Waals surface area contributed by atoms with Crippen LogP contribution in [0, 0.1) is 0 Å². The number of aryl methyl sites for hydroxylation is 1. The minimum Gasteiger partial charge on any atom is -0.366 e. The second-order valence-electron chi connectivity index (χ2n) is 4.79. The number of hydrogen-bond donors (Lipinski definition) is 3. The van der Waals surface area contributed by atoms with Gasteiger partial charge in [0.2, 0.25) is 0 Å². The molecule has 0 saturated heterocycles. The number of nitrogens with two attached hydrogens (primary N) is 1. The Labute approximate surface area is 112 Å². The van der Waals surface area contributed by atoms with Gasteiger partial charge in [-0.05, 0) is 30.4 Å². The van der Waals surface area contributed by atoms with Crippen molar-refractivity contribution in [2.75, 3.05) is 10.7 Å². The van der Waals surface area contributed by atoms with Gasteiger partial charge in [0.1, 0.15) is 5.82 Å². The Morgan fingerprint density at radius 3 is 2.74 bits per heavy atom. The lowest BCUT2D eigenvalue weighted by molar-refractivity contribution is 0.608. The number of nitrogen functional groups attached to an aromatic ring is 1. The van der Waals surface area contributed by atoms with Crippen molar-refractivity contribution in [1.29, 1.82) is 0 Å². The molecule has 98 valence electrons. The third-order valence-corrected chi connectivity index (χ3v) is 3.48. The fraction of sp³-hybridized carbons (Fsp3) is 0.286. The van der Waals surface area contributed by atoms with Crippen molar-refractivity contribution in [2.24, 2.45) is 5.84 Å². The Morgan fingerprint density at radius 1 is 1.11 bits per heavy atom. The molecule has 0 spiro atoms. The number of fused-ring (bicyclic) bond motifs is 1. The first-order valence-electron chi connectivity index (χ1n) is 6.47. The highest BCUT2D eigenvalue weighted by Crippen LogP contribution is 2.23. The quantitative estimate of drug-likeness (QED) is 0.575. The number of anilines is 2. The summed E-state index contributed by atoms with van der Waals surface area (Å²) in [6.45, 7) is 0. The average molecular weight is 255 g/mol. The highest BCUT2D eigenvalue weighted by atomic mass is 15.3. The van der Waals surface area contributed by atoms with Gasteiger partial charge in [-0.3, -0.25) is 4.98 Å². The molecule has 1 atom stereocenters. The van der Waals surface area contributed by atoms with Gasteiger partial charge in [-0.1, -0.05) is 24.3 Å². The monoisotopic (exact) mass is 255 g/mol. The van der Waals surface area contributed by atoms with E-state index < -0.39 is 0 Å². The van der Waals surface area contributed by atoms with Crippen LogP contribution in [0.25, 0.3) is 0 Å². The molecule has 1 aliphatic rings. The van der Waals surface area contributed by atoms with E-state index in [-0.39, 0.29) is 0 Å². The lowest BCUT2D eigenvalue weighted by Gasteiger charge is -2.25. The first kappa shape index (κ1) is 11.9. The van der Waals surface area contributed by atoms with Crippen molar-refractivity contribution < 1.29 is 0 Å². The van der Waals surface area contributed by atoms with Gasteiger partial charge in [0.15, 0.2) is 5.82 Å². The Bertz CT molecular complexity index is 569. The number of aromatic nitrogens is 2. The molecule has 1 aromatic carbocycles. The van der Waals surface area contributed by atoms with Crippen molar-refractivity contribution in [2.45, 2.75) is 25.3 Å². The molecule has 19 heavy (non-hydrogen) atoms. The summed E-state index contributed by atoms with van der Waals surface area (Å²) >= 11 is 0. The van der Waals surface area contributed by atoms with Gasteiger partial charge in [0.25, 0.3) is 0 Å². The minimum atomic E-state index is 0.400. The SMILES string of the molecule is NNc1cncc(NC2CCc3ccccc3C2)n1. The van der Waals surface area contributed by atoms with Crippen LogP contribution in [-0.2, 0) is 12.8 Å². The van der Waals surface area contributed by atoms with Crippen molar-refractivity contribution >= 4 is 11.6 Å². The summed E-state index contributed by atoms with van der Waals surface area (Å²) < 4.78 is 0. The average Bonchev–Trinajstić information content (AvgIpc) is 2.47. The molecule has 2 aromatic rings. The predicted molar refractivity (Wildman–Crippen MR) is 75.7 cm³/mol. The van der Waals surface area contributed by atoms with Crippen molar-refractivity contribution in [3.05, 3.63) is 47.8 Å². The third kappa shape index (κ3) is 2.66. The Kier molecular flexibility index (Phi) is 3.29. The van der Waals surface area contributed by atoms with Crippen LogP contribution in [0.15, 0.2) is 36.7 Å². The summed E-state index contributed by atoms with van der Waals surface area (Å²) in [6, 6.07) is 9.02. The van der Waals surface area contributed by atoms with E-state index in [0.29, 0.717) is 11.9 Å². The van der Waals surface area contributed by atoms with Crippen molar-refractivity contribution in [1.82, 2.24) is 9.97 Å². The molecule has 5 nitrogen and oxygen atoms in total. The molecule has 1 aromatic heterocycles. The molecule has 0 amide bonds. The highest BCUT2D eigenvalue weighted by molar-refractivity contribution is 5.42. The summed E-state index contributed by atoms with van der Waals surface area (Å²) in [5, 5.41) is 3.43. The molecule has 5 heteroatoms. The van der Waals surface area contributed by atoms with Crippen LogP contribution in [0.1, 0.15) is 17.5 Å². The zero-order chi connectivity index (χ0) is 13.1. The summed E-state index contributed by atoms with van der Waals surface area (Å²) in [6.07, 6.45) is 6.57. The van der Waals surface area contributed by atoms with E-state index >= 15 is 0 Å². The van der Waals surface area contributed by atoms with E-state index in [4.69, 9.17) is 5.84 Å². The standard InChI is InChI=1S/C14H17N5/c15-19-14-9-16-8-13(18-14)17-12-6-5-10-3-1-2-4-11(10)7-12/h1-4,8-9,12H,5-7,15H2,(H2,17,18,19). The van der Waals surface area contributed by atoms with E-state index in [1.807, 2.05) is 0 Å². The van der Waals surface area contributed by atoms with Crippen molar-refractivity contribution in [3.8, 4) is 0 Å². The molecule has 1 unspecified atom stereocenters. The fourth-order valence-electron chi connectivity index (χ4n) is 2.54. The van der Waals surface area contributed by atoms with Gasteiger partial charge < -0.3 is 10.7 Å². The Hall–Kier alpha value is -2.14. The molecule has 4 N–H and O–H groups in total. The normalized spacial score (nSPS) is 17.6. The van der Waals surface area contributed by atoms with Gasteiger partial charge >= 0.3 is 0 Å².